The maximum absolute atomic E-state index is 13.0. The van der Waals surface area contributed by atoms with Gasteiger partial charge in [0.05, 0.1) is 21.4 Å². The van der Waals surface area contributed by atoms with Crippen molar-refractivity contribution in [2.45, 2.75) is 18.7 Å². The highest BCUT2D eigenvalue weighted by Gasteiger charge is 2.33. The highest BCUT2D eigenvalue weighted by atomic mass is 35.5. The van der Waals surface area contributed by atoms with Crippen LogP contribution in [0.25, 0.3) is 0 Å². The number of hydrogen-bond acceptors (Lipinski definition) is 4. The van der Waals surface area contributed by atoms with Gasteiger partial charge in [0, 0.05) is 38.9 Å². The first kappa shape index (κ1) is 18.5. The van der Waals surface area contributed by atoms with Crippen LogP contribution in [0.4, 0.5) is 5.69 Å². The fourth-order valence-electron chi connectivity index (χ4n) is 3.12. The molecule has 9 heteroatoms. The fraction of sp³-hybridized carbons (Fsp3) is 0.438. The van der Waals surface area contributed by atoms with Gasteiger partial charge < -0.3 is 4.90 Å². The molecule has 2 aromatic rings. The van der Waals surface area contributed by atoms with Gasteiger partial charge in [0.15, 0.2) is 0 Å². The van der Waals surface area contributed by atoms with Gasteiger partial charge in [-0.05, 0) is 32.0 Å². The van der Waals surface area contributed by atoms with Crippen LogP contribution in [0.5, 0.6) is 0 Å². The Kier molecular flexibility index (Phi) is 5.03. The first-order chi connectivity index (χ1) is 11.7. The predicted octanol–water partition coefficient (Wildman–Crippen LogP) is 2.85. The Labute approximate surface area is 158 Å². The third-order valence-electron chi connectivity index (χ3n) is 4.55. The Morgan fingerprint density at radius 1 is 1.04 bits per heavy atom. The smallest absolute Gasteiger partial charge is 0.246 e. The molecule has 6 nitrogen and oxygen atoms in total. The predicted molar refractivity (Wildman–Crippen MR) is 100 cm³/mol. The molecule has 0 atom stereocenters. The number of piperazine rings is 1. The van der Waals surface area contributed by atoms with Crippen molar-refractivity contribution in [3.63, 3.8) is 0 Å². The van der Waals surface area contributed by atoms with Crippen molar-refractivity contribution < 1.29 is 8.42 Å². The van der Waals surface area contributed by atoms with Crippen LogP contribution in [0, 0.1) is 13.8 Å². The van der Waals surface area contributed by atoms with Crippen molar-refractivity contribution in [1.29, 1.82) is 0 Å². The summed E-state index contributed by atoms with van der Waals surface area (Å²) in [6.45, 7) is 5.52. The molecule has 0 bridgehead atoms. The quantitative estimate of drug-likeness (QED) is 0.791. The van der Waals surface area contributed by atoms with E-state index in [1.54, 1.807) is 31.6 Å². The molecule has 0 unspecified atom stereocenters. The monoisotopic (exact) mass is 402 g/mol. The lowest BCUT2D eigenvalue weighted by atomic mass is 10.2. The topological polar surface area (TPSA) is 58.4 Å². The fourth-order valence-corrected chi connectivity index (χ4v) is 5.24. The average Bonchev–Trinajstić information content (AvgIpc) is 2.83. The summed E-state index contributed by atoms with van der Waals surface area (Å²) < 4.78 is 29.1. The summed E-state index contributed by atoms with van der Waals surface area (Å²) in [5, 5.41) is 5.23. The molecule has 25 heavy (non-hydrogen) atoms. The molecule has 0 N–H and O–H groups in total. The van der Waals surface area contributed by atoms with Gasteiger partial charge in [0.1, 0.15) is 4.90 Å². The Bertz CT molecular complexity index is 903. The van der Waals surface area contributed by atoms with Gasteiger partial charge in [-0.1, -0.05) is 23.2 Å². The van der Waals surface area contributed by atoms with E-state index in [1.165, 1.54) is 4.31 Å². The van der Waals surface area contributed by atoms with Crippen molar-refractivity contribution >= 4 is 38.9 Å². The van der Waals surface area contributed by atoms with Crippen molar-refractivity contribution in [3.05, 3.63) is 39.6 Å². The molecular weight excluding hydrogens is 383 g/mol. The van der Waals surface area contributed by atoms with E-state index in [4.69, 9.17) is 23.2 Å². The van der Waals surface area contributed by atoms with Gasteiger partial charge in [0.2, 0.25) is 10.0 Å². The third-order valence-corrected chi connectivity index (χ3v) is 7.44. The van der Waals surface area contributed by atoms with Gasteiger partial charge in [-0.25, -0.2) is 8.42 Å². The number of nitrogens with zero attached hydrogens (tertiary/aromatic N) is 4. The first-order valence-electron chi connectivity index (χ1n) is 7.92. The summed E-state index contributed by atoms with van der Waals surface area (Å²) in [4.78, 5) is 2.43. The van der Waals surface area contributed by atoms with Crippen LogP contribution in [0.1, 0.15) is 11.4 Å². The molecule has 1 aliphatic rings. The molecule has 3 rings (SSSR count). The molecule has 1 aromatic heterocycles. The zero-order valence-electron chi connectivity index (χ0n) is 14.3. The van der Waals surface area contributed by atoms with Crippen LogP contribution < -0.4 is 4.90 Å². The maximum Gasteiger partial charge on any atom is 0.246 e. The molecule has 0 aliphatic carbocycles. The van der Waals surface area contributed by atoms with Crippen LogP contribution in [-0.2, 0) is 17.1 Å². The summed E-state index contributed by atoms with van der Waals surface area (Å²) in [5.41, 5.74) is 2.14. The first-order valence-corrected chi connectivity index (χ1v) is 10.1. The number of hydrogen-bond donors (Lipinski definition) is 0. The van der Waals surface area contributed by atoms with Crippen molar-refractivity contribution in [2.24, 2.45) is 7.05 Å². The molecule has 0 radical (unpaired) electrons. The second-order valence-corrected chi connectivity index (χ2v) is 8.80. The summed E-state index contributed by atoms with van der Waals surface area (Å²) in [6.07, 6.45) is 0. The molecule has 0 saturated carbocycles. The van der Waals surface area contributed by atoms with E-state index in [9.17, 15) is 8.42 Å². The zero-order valence-corrected chi connectivity index (χ0v) is 16.7. The molecule has 1 aliphatic heterocycles. The summed E-state index contributed by atoms with van der Waals surface area (Å²) in [5.74, 6) is 0. The second-order valence-electron chi connectivity index (χ2n) is 6.11. The minimum absolute atomic E-state index is 0.318. The van der Waals surface area contributed by atoms with Crippen LogP contribution in [-0.4, -0.2) is 48.7 Å². The highest BCUT2D eigenvalue weighted by molar-refractivity contribution is 7.89. The van der Waals surface area contributed by atoms with Gasteiger partial charge >= 0.3 is 0 Å². The Balaban J connectivity index is 1.78. The molecule has 1 saturated heterocycles. The zero-order chi connectivity index (χ0) is 18.4. The summed E-state index contributed by atoms with van der Waals surface area (Å²) in [7, 11) is -1.79. The van der Waals surface area contributed by atoms with E-state index in [0.29, 0.717) is 52.5 Å². The molecular formula is C16H20Cl2N4O2S. The summed E-state index contributed by atoms with van der Waals surface area (Å²) >= 11 is 12.0. The van der Waals surface area contributed by atoms with E-state index in [0.717, 1.165) is 5.69 Å². The van der Waals surface area contributed by atoms with Crippen molar-refractivity contribution in [2.75, 3.05) is 31.1 Å². The normalized spacial score (nSPS) is 16.4. The largest absolute Gasteiger partial charge is 0.369 e. The maximum atomic E-state index is 13.0. The van der Waals surface area contributed by atoms with Gasteiger partial charge in [-0.3, -0.25) is 4.68 Å². The van der Waals surface area contributed by atoms with E-state index in [-0.39, 0.29) is 0 Å². The molecule has 2 heterocycles. The lowest BCUT2D eigenvalue weighted by molar-refractivity contribution is 0.384. The molecule has 1 fully saturated rings. The molecule has 0 spiro atoms. The Morgan fingerprint density at radius 2 is 1.68 bits per heavy atom. The van der Waals surface area contributed by atoms with Crippen LogP contribution in [0.15, 0.2) is 23.1 Å². The van der Waals surface area contributed by atoms with Crippen LogP contribution in [0.2, 0.25) is 10.0 Å². The van der Waals surface area contributed by atoms with Gasteiger partial charge in [-0.15, -0.1) is 0 Å². The standard InChI is InChI=1S/C16H20Cl2N4O2S/c1-11-16(12(2)20(3)19-11)25(23,24)22-8-6-21(7-9-22)13-4-5-14(17)15(18)10-13/h4-5,10H,6-9H2,1-3H3. The SMILES string of the molecule is Cc1nn(C)c(C)c1S(=O)(=O)N1CCN(c2ccc(Cl)c(Cl)c2)CC1. The van der Waals surface area contributed by atoms with E-state index >= 15 is 0 Å². The van der Waals surface area contributed by atoms with E-state index in [2.05, 4.69) is 10.00 Å². The number of anilines is 1. The van der Waals surface area contributed by atoms with Crippen LogP contribution >= 0.6 is 23.2 Å². The third kappa shape index (κ3) is 3.38. The van der Waals surface area contributed by atoms with Gasteiger partial charge in [0.25, 0.3) is 0 Å². The summed E-state index contributed by atoms with van der Waals surface area (Å²) in [6, 6.07) is 5.46. The number of benzene rings is 1. The Morgan fingerprint density at radius 3 is 2.20 bits per heavy atom. The second kappa shape index (κ2) is 6.79. The van der Waals surface area contributed by atoms with E-state index in [1.807, 2.05) is 12.1 Å². The van der Waals surface area contributed by atoms with Crippen molar-refractivity contribution in [3.8, 4) is 0 Å². The average molecular weight is 403 g/mol. The lowest BCUT2D eigenvalue weighted by Crippen LogP contribution is -2.48. The number of aromatic nitrogens is 2. The molecule has 136 valence electrons. The number of rotatable bonds is 3. The Hall–Kier alpha value is -1.28. The highest BCUT2D eigenvalue weighted by Crippen LogP contribution is 2.29. The van der Waals surface area contributed by atoms with Gasteiger partial charge in [-0.2, -0.15) is 9.40 Å². The molecule has 0 amide bonds. The minimum atomic E-state index is -3.55. The lowest BCUT2D eigenvalue weighted by Gasteiger charge is -2.35. The van der Waals surface area contributed by atoms with E-state index < -0.39 is 10.0 Å². The number of aryl methyl sites for hydroxylation is 2. The van der Waals surface area contributed by atoms with Crippen LogP contribution in [0.3, 0.4) is 0 Å². The van der Waals surface area contributed by atoms with Crippen molar-refractivity contribution in [1.82, 2.24) is 14.1 Å². The molecule has 1 aromatic carbocycles. The minimum Gasteiger partial charge on any atom is -0.369 e. The number of halogens is 2. The number of sulfonamides is 1.